The van der Waals surface area contributed by atoms with E-state index in [1.54, 1.807) is 30.6 Å². The predicted molar refractivity (Wildman–Crippen MR) is 71.1 cm³/mol. The maximum atomic E-state index is 13.8. The number of alkyl halides is 2. The van der Waals surface area contributed by atoms with Crippen molar-refractivity contribution in [1.29, 1.82) is 0 Å². The van der Waals surface area contributed by atoms with Gasteiger partial charge in [-0.15, -0.1) is 0 Å². The molecule has 0 amide bonds. The second-order valence-electron chi connectivity index (χ2n) is 4.35. The summed E-state index contributed by atoms with van der Waals surface area (Å²) in [6.07, 6.45) is 4.12. The molecule has 2 aromatic rings. The minimum Gasteiger partial charge on any atom is -0.311 e. The highest BCUT2D eigenvalue weighted by Crippen LogP contribution is 2.26. The summed E-state index contributed by atoms with van der Waals surface area (Å²) >= 11 is 0. The number of hydrogen-bond donors (Lipinski definition) is 1. The fourth-order valence-electron chi connectivity index (χ4n) is 1.81. The Hall–Kier alpha value is -1.81. The maximum Gasteiger partial charge on any atom is 0.285 e. The molecule has 0 unspecified atom stereocenters. The van der Waals surface area contributed by atoms with Crippen molar-refractivity contribution >= 4 is 0 Å². The minimum absolute atomic E-state index is 0.0476. The Kier molecular flexibility index (Phi) is 4.58. The van der Waals surface area contributed by atoms with Gasteiger partial charge in [0.05, 0.1) is 6.54 Å². The zero-order valence-corrected chi connectivity index (χ0v) is 10.5. The van der Waals surface area contributed by atoms with E-state index in [-0.39, 0.29) is 12.1 Å². The van der Waals surface area contributed by atoms with E-state index in [9.17, 15) is 8.78 Å². The maximum absolute atomic E-state index is 13.8. The number of halogens is 2. The Morgan fingerprint density at radius 3 is 2.37 bits per heavy atom. The van der Waals surface area contributed by atoms with Gasteiger partial charge in [0, 0.05) is 18.0 Å². The number of aromatic nitrogens is 1. The molecule has 0 bridgehead atoms. The van der Waals surface area contributed by atoms with Gasteiger partial charge in [0.15, 0.2) is 0 Å². The van der Waals surface area contributed by atoms with Crippen molar-refractivity contribution in [3.05, 3.63) is 66.0 Å². The van der Waals surface area contributed by atoms with Crippen LogP contribution in [0, 0.1) is 0 Å². The lowest BCUT2D eigenvalue weighted by atomic mass is 10.1. The van der Waals surface area contributed by atoms with E-state index >= 15 is 0 Å². The lowest BCUT2D eigenvalue weighted by Crippen LogP contribution is -2.31. The molecule has 0 aliphatic rings. The van der Waals surface area contributed by atoms with Gasteiger partial charge in [-0.25, -0.2) is 0 Å². The van der Waals surface area contributed by atoms with E-state index < -0.39 is 5.92 Å². The van der Waals surface area contributed by atoms with E-state index in [1.807, 2.05) is 12.1 Å². The molecule has 1 N–H and O–H groups in total. The van der Waals surface area contributed by atoms with Crippen LogP contribution in [0.4, 0.5) is 8.78 Å². The topological polar surface area (TPSA) is 24.9 Å². The standard InChI is InChI=1S/C15H16F2N2/c16-15(17,14-4-2-1-3-5-14)12-19-11-8-13-6-9-18-10-7-13/h1-7,9-10,19H,8,11-12H2. The molecule has 19 heavy (non-hydrogen) atoms. The predicted octanol–water partition coefficient (Wildman–Crippen LogP) is 3.01. The van der Waals surface area contributed by atoms with Crippen molar-refractivity contribution < 1.29 is 8.78 Å². The summed E-state index contributed by atoms with van der Waals surface area (Å²) in [5.41, 5.74) is 1.14. The summed E-state index contributed by atoms with van der Waals surface area (Å²) in [5.74, 6) is -2.83. The Balaban J connectivity index is 1.79. The summed E-state index contributed by atoms with van der Waals surface area (Å²) in [7, 11) is 0. The first-order valence-corrected chi connectivity index (χ1v) is 6.21. The summed E-state index contributed by atoms with van der Waals surface area (Å²) in [6.45, 7) is 0.175. The highest BCUT2D eigenvalue weighted by Gasteiger charge is 2.30. The molecule has 0 aliphatic carbocycles. The van der Waals surface area contributed by atoms with Crippen molar-refractivity contribution in [2.24, 2.45) is 0 Å². The van der Waals surface area contributed by atoms with E-state index in [2.05, 4.69) is 10.3 Å². The zero-order valence-electron chi connectivity index (χ0n) is 10.5. The van der Waals surface area contributed by atoms with Crippen molar-refractivity contribution in [3.8, 4) is 0 Å². The molecule has 0 saturated carbocycles. The lowest BCUT2D eigenvalue weighted by molar-refractivity contribution is -0.00285. The highest BCUT2D eigenvalue weighted by molar-refractivity contribution is 5.20. The highest BCUT2D eigenvalue weighted by atomic mass is 19.3. The smallest absolute Gasteiger partial charge is 0.285 e. The van der Waals surface area contributed by atoms with Gasteiger partial charge in [0.2, 0.25) is 0 Å². The summed E-state index contributed by atoms with van der Waals surface area (Å²) in [6, 6.07) is 11.7. The van der Waals surface area contributed by atoms with Crippen molar-refractivity contribution in [3.63, 3.8) is 0 Å². The van der Waals surface area contributed by atoms with Gasteiger partial charge in [-0.1, -0.05) is 30.3 Å². The largest absolute Gasteiger partial charge is 0.311 e. The first-order chi connectivity index (χ1) is 9.18. The number of hydrogen-bond acceptors (Lipinski definition) is 2. The third-order valence-electron chi connectivity index (χ3n) is 2.88. The summed E-state index contributed by atoms with van der Waals surface area (Å²) in [5, 5.41) is 2.80. The van der Waals surface area contributed by atoms with Crippen LogP contribution in [0.1, 0.15) is 11.1 Å². The molecular weight excluding hydrogens is 246 g/mol. The third-order valence-corrected chi connectivity index (χ3v) is 2.88. The molecule has 100 valence electrons. The van der Waals surface area contributed by atoms with E-state index in [0.717, 1.165) is 5.56 Å². The van der Waals surface area contributed by atoms with Gasteiger partial charge in [-0.3, -0.25) is 4.98 Å². The van der Waals surface area contributed by atoms with Crippen LogP contribution < -0.4 is 5.32 Å². The lowest BCUT2D eigenvalue weighted by Gasteiger charge is -2.17. The van der Waals surface area contributed by atoms with Gasteiger partial charge in [-0.2, -0.15) is 8.78 Å². The molecule has 1 aromatic carbocycles. The zero-order chi connectivity index (χ0) is 13.6. The van der Waals surface area contributed by atoms with Crippen LogP contribution in [0.2, 0.25) is 0 Å². The normalized spacial score (nSPS) is 11.5. The number of nitrogens with zero attached hydrogens (tertiary/aromatic N) is 1. The van der Waals surface area contributed by atoms with Crippen LogP contribution in [0.15, 0.2) is 54.9 Å². The molecule has 0 aliphatic heterocycles. The molecule has 2 nitrogen and oxygen atoms in total. The van der Waals surface area contributed by atoms with Gasteiger partial charge in [0.1, 0.15) is 0 Å². The van der Waals surface area contributed by atoms with Crippen LogP contribution in [0.3, 0.4) is 0 Å². The SMILES string of the molecule is FC(F)(CNCCc1ccncc1)c1ccccc1. The second kappa shape index (κ2) is 6.38. The molecule has 0 radical (unpaired) electrons. The molecule has 0 spiro atoms. The first kappa shape index (κ1) is 13.6. The number of rotatable bonds is 6. The average molecular weight is 262 g/mol. The number of benzene rings is 1. The Morgan fingerprint density at radius 2 is 1.68 bits per heavy atom. The Morgan fingerprint density at radius 1 is 1.00 bits per heavy atom. The first-order valence-electron chi connectivity index (χ1n) is 6.21. The fourth-order valence-corrected chi connectivity index (χ4v) is 1.81. The van der Waals surface area contributed by atoms with Crippen LogP contribution in [0.25, 0.3) is 0 Å². The molecule has 1 aromatic heterocycles. The molecular formula is C15H16F2N2. The van der Waals surface area contributed by atoms with Crippen LogP contribution in [-0.2, 0) is 12.3 Å². The van der Waals surface area contributed by atoms with Crippen LogP contribution >= 0.6 is 0 Å². The van der Waals surface area contributed by atoms with E-state index in [0.29, 0.717) is 13.0 Å². The van der Waals surface area contributed by atoms with Crippen molar-refractivity contribution in [2.45, 2.75) is 12.3 Å². The van der Waals surface area contributed by atoms with E-state index in [4.69, 9.17) is 0 Å². The quantitative estimate of drug-likeness (QED) is 0.809. The molecule has 0 atom stereocenters. The Labute approximate surface area is 111 Å². The molecule has 0 fully saturated rings. The van der Waals surface area contributed by atoms with Gasteiger partial charge < -0.3 is 5.32 Å². The van der Waals surface area contributed by atoms with Crippen molar-refractivity contribution in [1.82, 2.24) is 10.3 Å². The van der Waals surface area contributed by atoms with E-state index in [1.165, 1.54) is 12.1 Å². The average Bonchev–Trinajstić information content (AvgIpc) is 2.46. The van der Waals surface area contributed by atoms with Gasteiger partial charge >= 0.3 is 0 Å². The summed E-state index contributed by atoms with van der Waals surface area (Å²) in [4.78, 5) is 3.91. The third kappa shape index (κ3) is 4.10. The van der Waals surface area contributed by atoms with Crippen molar-refractivity contribution in [2.75, 3.05) is 13.1 Å². The summed E-state index contributed by atoms with van der Waals surface area (Å²) < 4.78 is 27.6. The van der Waals surface area contributed by atoms with Crippen LogP contribution in [0.5, 0.6) is 0 Å². The minimum atomic E-state index is -2.83. The molecule has 4 heteroatoms. The number of nitrogens with one attached hydrogen (secondary N) is 1. The van der Waals surface area contributed by atoms with Gasteiger partial charge in [-0.05, 0) is 30.7 Å². The number of pyridine rings is 1. The second-order valence-corrected chi connectivity index (χ2v) is 4.35. The molecule has 2 rings (SSSR count). The monoisotopic (exact) mass is 262 g/mol. The Bertz CT molecular complexity index is 486. The van der Waals surface area contributed by atoms with Gasteiger partial charge in [0.25, 0.3) is 5.92 Å². The van der Waals surface area contributed by atoms with Crippen LogP contribution in [-0.4, -0.2) is 18.1 Å². The molecule has 0 saturated heterocycles. The molecule has 1 heterocycles. The fraction of sp³-hybridized carbons (Fsp3) is 0.267.